The van der Waals surface area contributed by atoms with Crippen molar-refractivity contribution in [2.45, 2.75) is 39.8 Å². The van der Waals surface area contributed by atoms with Gasteiger partial charge in [-0.25, -0.2) is 8.78 Å². The molecule has 0 aliphatic rings. The van der Waals surface area contributed by atoms with Crippen LogP contribution in [-0.4, -0.2) is 34.7 Å². The summed E-state index contributed by atoms with van der Waals surface area (Å²) in [4.78, 5) is 43.2. The van der Waals surface area contributed by atoms with Crippen LogP contribution in [0.1, 0.15) is 37.0 Å². The zero-order valence-corrected chi connectivity index (χ0v) is 22.6. The molecule has 4 aromatic rings. The number of carbonyl (C=O) groups is 2. The second-order valence-electron chi connectivity index (χ2n) is 10.3. The van der Waals surface area contributed by atoms with Gasteiger partial charge in [0.2, 0.25) is 11.8 Å². The highest BCUT2D eigenvalue weighted by Crippen LogP contribution is 2.16. The second-order valence-corrected chi connectivity index (χ2v) is 10.3. The van der Waals surface area contributed by atoms with Crippen LogP contribution in [0.25, 0.3) is 11.0 Å². The molecule has 0 N–H and O–H groups in total. The van der Waals surface area contributed by atoms with Crippen LogP contribution in [0.3, 0.4) is 0 Å². The first-order valence-corrected chi connectivity index (χ1v) is 13.2. The molecule has 0 atom stereocenters. The van der Waals surface area contributed by atoms with Gasteiger partial charge in [-0.1, -0.05) is 50.2 Å². The number of amides is 2. The molecule has 0 radical (unpaired) electrons. The van der Waals surface area contributed by atoms with Gasteiger partial charge in [-0.3, -0.25) is 14.4 Å². The Morgan fingerprint density at radius 1 is 0.800 bits per heavy atom. The van der Waals surface area contributed by atoms with Crippen LogP contribution in [0.4, 0.5) is 8.78 Å². The van der Waals surface area contributed by atoms with Gasteiger partial charge in [0.05, 0.1) is 36.7 Å². The van der Waals surface area contributed by atoms with E-state index >= 15 is 0 Å². The Labute approximate surface area is 231 Å². The number of hydrogen-bond donors (Lipinski definition) is 0. The van der Waals surface area contributed by atoms with Crippen molar-refractivity contribution in [3.05, 3.63) is 118 Å². The van der Waals surface area contributed by atoms with Crippen LogP contribution in [0.2, 0.25) is 0 Å². The van der Waals surface area contributed by atoms with Gasteiger partial charge in [-0.05, 0) is 59.9 Å². The summed E-state index contributed by atoms with van der Waals surface area (Å²) in [5.41, 5.74) is 1.80. The highest BCUT2D eigenvalue weighted by atomic mass is 19.1. The van der Waals surface area contributed by atoms with E-state index in [4.69, 9.17) is 4.42 Å². The van der Waals surface area contributed by atoms with E-state index < -0.39 is 11.6 Å². The molecule has 0 aliphatic heterocycles. The van der Waals surface area contributed by atoms with Crippen molar-refractivity contribution >= 4 is 22.8 Å². The van der Waals surface area contributed by atoms with Crippen LogP contribution < -0.4 is 5.43 Å². The maximum absolute atomic E-state index is 13.7. The molecular formula is C32H32F2N2O4. The average Bonchev–Trinajstić information content (AvgIpc) is 2.94. The predicted octanol–water partition coefficient (Wildman–Crippen LogP) is 5.72. The van der Waals surface area contributed by atoms with Crippen molar-refractivity contribution in [3.63, 3.8) is 0 Å². The van der Waals surface area contributed by atoms with Crippen molar-refractivity contribution in [1.29, 1.82) is 0 Å². The Morgan fingerprint density at radius 3 is 2.08 bits per heavy atom. The van der Waals surface area contributed by atoms with Gasteiger partial charge in [-0.15, -0.1) is 0 Å². The molecule has 40 heavy (non-hydrogen) atoms. The topological polar surface area (TPSA) is 70.8 Å². The minimum absolute atomic E-state index is 0.0257. The lowest BCUT2D eigenvalue weighted by Crippen LogP contribution is -2.44. The summed E-state index contributed by atoms with van der Waals surface area (Å²) in [6, 6.07) is 18.3. The quantitative estimate of drug-likeness (QED) is 0.241. The van der Waals surface area contributed by atoms with E-state index in [0.717, 1.165) is 0 Å². The van der Waals surface area contributed by atoms with Gasteiger partial charge < -0.3 is 14.2 Å². The van der Waals surface area contributed by atoms with Gasteiger partial charge in [-0.2, -0.15) is 0 Å². The zero-order chi connectivity index (χ0) is 28.6. The van der Waals surface area contributed by atoms with Gasteiger partial charge in [0, 0.05) is 13.1 Å². The van der Waals surface area contributed by atoms with Crippen LogP contribution in [0, 0.1) is 17.6 Å². The highest BCUT2D eigenvalue weighted by molar-refractivity contribution is 5.86. The molecule has 0 saturated carbocycles. The summed E-state index contributed by atoms with van der Waals surface area (Å²) >= 11 is 0. The van der Waals surface area contributed by atoms with Gasteiger partial charge in [0.15, 0.2) is 5.43 Å². The number of benzene rings is 3. The molecule has 0 fully saturated rings. The van der Waals surface area contributed by atoms with Crippen LogP contribution >= 0.6 is 0 Å². The van der Waals surface area contributed by atoms with Crippen molar-refractivity contribution in [1.82, 2.24) is 9.80 Å². The van der Waals surface area contributed by atoms with E-state index in [0.29, 0.717) is 46.5 Å². The lowest BCUT2D eigenvalue weighted by Gasteiger charge is -2.28. The summed E-state index contributed by atoms with van der Waals surface area (Å²) in [7, 11) is 0. The van der Waals surface area contributed by atoms with Crippen molar-refractivity contribution in [3.8, 4) is 0 Å². The number of carbonyl (C=O) groups excluding carboxylic acids is 2. The fourth-order valence-electron chi connectivity index (χ4n) is 4.33. The summed E-state index contributed by atoms with van der Waals surface area (Å²) in [5.74, 6) is -1.12. The number of fused-ring (bicyclic) bond motifs is 1. The van der Waals surface area contributed by atoms with Crippen molar-refractivity contribution in [2.24, 2.45) is 5.92 Å². The summed E-state index contributed by atoms with van der Waals surface area (Å²) in [6.07, 6.45) is 2.07. The van der Waals surface area contributed by atoms with E-state index in [1.54, 1.807) is 48.5 Å². The molecule has 0 aliphatic carbocycles. The molecule has 8 heteroatoms. The first-order chi connectivity index (χ1) is 19.2. The van der Waals surface area contributed by atoms with Crippen LogP contribution in [-0.2, 0) is 29.1 Å². The van der Waals surface area contributed by atoms with Crippen molar-refractivity contribution < 1.29 is 22.8 Å². The van der Waals surface area contributed by atoms with Gasteiger partial charge in [0.25, 0.3) is 0 Å². The van der Waals surface area contributed by atoms with Gasteiger partial charge in [0.1, 0.15) is 17.2 Å². The lowest BCUT2D eigenvalue weighted by molar-refractivity contribution is -0.141. The maximum Gasteiger partial charge on any atom is 0.242 e. The Hall–Kier alpha value is -4.33. The molecule has 4 rings (SSSR count). The number of hydrogen-bond acceptors (Lipinski definition) is 4. The van der Waals surface area contributed by atoms with Gasteiger partial charge >= 0.3 is 0 Å². The molecule has 208 valence electrons. The van der Waals surface area contributed by atoms with E-state index in [9.17, 15) is 23.2 Å². The Morgan fingerprint density at radius 2 is 1.43 bits per heavy atom. The van der Waals surface area contributed by atoms with E-state index in [1.807, 2.05) is 13.8 Å². The van der Waals surface area contributed by atoms with Crippen LogP contribution in [0.5, 0.6) is 0 Å². The third-order valence-corrected chi connectivity index (χ3v) is 6.68. The zero-order valence-electron chi connectivity index (χ0n) is 22.6. The number of nitrogens with zero attached hydrogens (tertiary/aromatic N) is 2. The average molecular weight is 547 g/mol. The number of rotatable bonds is 11. The summed E-state index contributed by atoms with van der Waals surface area (Å²) < 4.78 is 32.5. The minimum atomic E-state index is -0.400. The molecule has 1 aromatic heterocycles. The smallest absolute Gasteiger partial charge is 0.242 e. The minimum Gasteiger partial charge on any atom is -0.464 e. The lowest BCUT2D eigenvalue weighted by atomic mass is 10.1. The molecule has 0 spiro atoms. The Kier molecular flexibility index (Phi) is 9.43. The normalized spacial score (nSPS) is 11.1. The first-order valence-electron chi connectivity index (χ1n) is 13.2. The molecule has 0 bridgehead atoms. The van der Waals surface area contributed by atoms with Crippen LogP contribution in [0.15, 0.2) is 88.3 Å². The number of para-hydroxylation sites is 1. The fraction of sp³-hybridized carbons (Fsp3) is 0.281. The Balaban J connectivity index is 1.59. The standard InChI is InChI=1S/C32H32F2N2O4/c1-22(2)15-16-35(30(37)17-23-7-11-26(33)12-8-23)20-31(38)36(18-24-9-13-27(34)14-10-24)19-25-21-40-29-6-4-3-5-28(29)32(25)39/h3-14,21-22H,15-20H2,1-2H3. The molecule has 0 saturated heterocycles. The number of halogens is 2. The third kappa shape index (κ3) is 7.62. The molecular weight excluding hydrogens is 514 g/mol. The molecule has 6 nitrogen and oxygen atoms in total. The Bertz CT molecular complexity index is 1510. The van der Waals surface area contributed by atoms with E-state index in [1.165, 1.54) is 40.3 Å². The third-order valence-electron chi connectivity index (χ3n) is 6.68. The summed E-state index contributed by atoms with van der Waals surface area (Å²) in [5, 5.41) is 0.405. The fourth-order valence-corrected chi connectivity index (χ4v) is 4.33. The summed E-state index contributed by atoms with van der Waals surface area (Å²) in [6.45, 7) is 4.29. The molecule has 3 aromatic carbocycles. The predicted molar refractivity (Wildman–Crippen MR) is 149 cm³/mol. The second kappa shape index (κ2) is 13.2. The van der Waals surface area contributed by atoms with E-state index in [2.05, 4.69) is 0 Å². The SMILES string of the molecule is CC(C)CCN(CC(=O)N(Cc1ccc(F)cc1)Cc1coc2ccccc2c1=O)C(=O)Cc1ccc(F)cc1. The largest absolute Gasteiger partial charge is 0.464 e. The highest BCUT2D eigenvalue weighted by Gasteiger charge is 2.23. The maximum atomic E-state index is 13.7. The molecule has 0 unspecified atom stereocenters. The monoisotopic (exact) mass is 546 g/mol. The van der Waals surface area contributed by atoms with Crippen molar-refractivity contribution in [2.75, 3.05) is 13.1 Å². The first kappa shape index (κ1) is 28.7. The molecule has 1 heterocycles. The molecule has 2 amide bonds. The van der Waals surface area contributed by atoms with E-state index in [-0.39, 0.29) is 43.3 Å².